The molecule has 1 aromatic carbocycles. The van der Waals surface area contributed by atoms with Crippen LogP contribution >= 0.6 is 0 Å². The van der Waals surface area contributed by atoms with Gasteiger partial charge in [0.2, 0.25) is 5.91 Å². The van der Waals surface area contributed by atoms with Gasteiger partial charge in [0.05, 0.1) is 11.5 Å². The van der Waals surface area contributed by atoms with E-state index in [1.54, 1.807) is 0 Å². The van der Waals surface area contributed by atoms with Crippen molar-refractivity contribution in [2.45, 2.75) is 31.8 Å². The van der Waals surface area contributed by atoms with Crippen LogP contribution in [0, 0.1) is 0 Å². The zero-order chi connectivity index (χ0) is 15.0. The molecule has 1 fully saturated rings. The highest BCUT2D eigenvalue weighted by Gasteiger charge is 2.32. The van der Waals surface area contributed by atoms with E-state index in [1.807, 2.05) is 25.1 Å². The number of hydrogen-bond donors (Lipinski definition) is 1. The molecule has 2 aliphatic rings. The maximum atomic E-state index is 12.4. The van der Waals surface area contributed by atoms with Crippen LogP contribution in [-0.4, -0.2) is 44.5 Å². The number of anilines is 1. The molecule has 21 heavy (non-hydrogen) atoms. The van der Waals surface area contributed by atoms with E-state index >= 15 is 0 Å². The Kier molecular flexibility index (Phi) is 3.65. The molecule has 1 N–H and O–H groups in total. The molecule has 2 atom stereocenters. The first-order valence-corrected chi connectivity index (χ1v) is 9.14. The van der Waals surface area contributed by atoms with Crippen LogP contribution in [0.2, 0.25) is 0 Å². The quantitative estimate of drug-likeness (QED) is 0.894. The van der Waals surface area contributed by atoms with E-state index in [0.717, 1.165) is 18.7 Å². The summed E-state index contributed by atoms with van der Waals surface area (Å²) in [4.78, 5) is 14.5. The van der Waals surface area contributed by atoms with Crippen LogP contribution in [0.5, 0.6) is 0 Å². The minimum Gasteiger partial charge on any atom is -0.359 e. The highest BCUT2D eigenvalue weighted by Crippen LogP contribution is 2.29. The summed E-state index contributed by atoms with van der Waals surface area (Å²) >= 11 is 0. The fourth-order valence-electron chi connectivity index (χ4n) is 3.14. The fourth-order valence-corrected chi connectivity index (χ4v) is 4.81. The fraction of sp³-hybridized carbons (Fsp3) is 0.533. The Morgan fingerprint density at radius 3 is 2.86 bits per heavy atom. The first-order chi connectivity index (χ1) is 9.96. The van der Waals surface area contributed by atoms with Crippen molar-refractivity contribution in [2.24, 2.45) is 0 Å². The Hall–Kier alpha value is -1.56. The zero-order valence-electron chi connectivity index (χ0n) is 12.1. The smallest absolute Gasteiger partial charge is 0.242 e. The summed E-state index contributed by atoms with van der Waals surface area (Å²) in [5.74, 6) is 0.162. The number of benzene rings is 1. The second-order valence-corrected chi connectivity index (χ2v) is 8.09. The monoisotopic (exact) mass is 308 g/mol. The molecule has 1 saturated heterocycles. The van der Waals surface area contributed by atoms with Crippen LogP contribution in [0.1, 0.15) is 18.9 Å². The summed E-state index contributed by atoms with van der Waals surface area (Å²) in [6.45, 7) is 2.71. The molecule has 0 aromatic heterocycles. The number of carbonyl (C=O) groups excluding carboxylic acids is 1. The summed E-state index contributed by atoms with van der Waals surface area (Å²) < 4.78 is 22.9. The van der Waals surface area contributed by atoms with Crippen molar-refractivity contribution >= 4 is 21.4 Å². The van der Waals surface area contributed by atoms with Gasteiger partial charge in [-0.25, -0.2) is 8.42 Å². The molecule has 2 heterocycles. The van der Waals surface area contributed by atoms with Crippen molar-refractivity contribution in [3.05, 3.63) is 29.8 Å². The second kappa shape index (κ2) is 5.33. The van der Waals surface area contributed by atoms with Crippen LogP contribution in [0.25, 0.3) is 0 Å². The Morgan fingerprint density at radius 2 is 2.14 bits per heavy atom. The van der Waals surface area contributed by atoms with Crippen molar-refractivity contribution < 1.29 is 13.2 Å². The van der Waals surface area contributed by atoms with Crippen molar-refractivity contribution in [1.29, 1.82) is 0 Å². The average molecular weight is 308 g/mol. The third-order valence-electron chi connectivity index (χ3n) is 4.35. The molecule has 0 aliphatic carbocycles. The van der Waals surface area contributed by atoms with Gasteiger partial charge >= 0.3 is 0 Å². The average Bonchev–Trinajstić information content (AvgIpc) is 3.01. The number of amides is 1. The maximum absolute atomic E-state index is 12.4. The maximum Gasteiger partial charge on any atom is 0.242 e. The molecular weight excluding hydrogens is 288 g/mol. The molecule has 1 aromatic rings. The van der Waals surface area contributed by atoms with E-state index in [9.17, 15) is 13.2 Å². The van der Waals surface area contributed by atoms with Crippen LogP contribution in [0.4, 0.5) is 5.69 Å². The van der Waals surface area contributed by atoms with E-state index < -0.39 is 9.84 Å². The number of fused-ring (bicyclic) bond motifs is 1. The van der Waals surface area contributed by atoms with E-state index in [2.05, 4.69) is 16.3 Å². The molecule has 0 radical (unpaired) electrons. The third kappa shape index (κ3) is 2.90. The van der Waals surface area contributed by atoms with Gasteiger partial charge in [0, 0.05) is 18.3 Å². The first kappa shape index (κ1) is 14.4. The third-order valence-corrected chi connectivity index (χ3v) is 6.12. The van der Waals surface area contributed by atoms with Crippen molar-refractivity contribution in [1.82, 2.24) is 5.32 Å². The SMILES string of the molecule is C[C@@H](C(=O)N[C@H]1CCS(=O)(=O)C1)N1CCc2ccccc21. The highest BCUT2D eigenvalue weighted by atomic mass is 32.2. The summed E-state index contributed by atoms with van der Waals surface area (Å²) in [5, 5.41) is 2.88. The molecule has 0 spiro atoms. The lowest BCUT2D eigenvalue weighted by Crippen LogP contribution is -2.48. The van der Waals surface area contributed by atoms with Crippen LogP contribution in [0.15, 0.2) is 24.3 Å². The van der Waals surface area contributed by atoms with Gasteiger partial charge in [0.25, 0.3) is 0 Å². The lowest BCUT2D eigenvalue weighted by molar-refractivity contribution is -0.122. The number of sulfone groups is 1. The van der Waals surface area contributed by atoms with Crippen LogP contribution in [-0.2, 0) is 21.1 Å². The molecule has 2 aliphatic heterocycles. The molecular formula is C15H20N2O3S. The largest absolute Gasteiger partial charge is 0.359 e. The molecule has 0 unspecified atom stereocenters. The lowest BCUT2D eigenvalue weighted by atomic mass is 10.1. The molecule has 114 valence electrons. The Labute approximate surface area is 125 Å². The number of nitrogens with one attached hydrogen (secondary N) is 1. The number of nitrogens with zero attached hydrogens (tertiary/aromatic N) is 1. The topological polar surface area (TPSA) is 66.5 Å². The Bertz CT molecular complexity index is 657. The minimum atomic E-state index is -2.96. The Balaban J connectivity index is 1.66. The molecule has 0 saturated carbocycles. The number of carbonyl (C=O) groups is 1. The van der Waals surface area contributed by atoms with E-state index in [4.69, 9.17) is 0 Å². The van der Waals surface area contributed by atoms with Gasteiger partial charge in [-0.3, -0.25) is 4.79 Å². The van der Waals surface area contributed by atoms with Gasteiger partial charge < -0.3 is 10.2 Å². The van der Waals surface area contributed by atoms with Crippen LogP contribution in [0.3, 0.4) is 0 Å². The van der Waals surface area contributed by atoms with Gasteiger partial charge in [-0.05, 0) is 31.4 Å². The number of rotatable bonds is 3. The zero-order valence-corrected chi connectivity index (χ0v) is 12.9. The van der Waals surface area contributed by atoms with Crippen molar-refractivity contribution in [3.8, 4) is 0 Å². The predicted octanol–water partition coefficient (Wildman–Crippen LogP) is 0.741. The van der Waals surface area contributed by atoms with Gasteiger partial charge in [-0.1, -0.05) is 18.2 Å². The number of para-hydroxylation sites is 1. The number of hydrogen-bond acceptors (Lipinski definition) is 4. The lowest BCUT2D eigenvalue weighted by Gasteiger charge is -2.27. The summed E-state index contributed by atoms with van der Waals surface area (Å²) in [6, 6.07) is 7.59. The standard InChI is InChI=1S/C15H20N2O3S/c1-11(15(18)16-13-7-9-21(19,20)10-13)17-8-6-12-4-2-3-5-14(12)17/h2-5,11,13H,6-10H2,1H3,(H,16,18)/t11-,13-/m0/s1. The van der Waals surface area contributed by atoms with Crippen LogP contribution < -0.4 is 10.2 Å². The minimum absolute atomic E-state index is 0.0715. The van der Waals surface area contributed by atoms with E-state index in [-0.39, 0.29) is 29.5 Å². The van der Waals surface area contributed by atoms with Gasteiger partial charge in [0.1, 0.15) is 6.04 Å². The van der Waals surface area contributed by atoms with Gasteiger partial charge in [-0.15, -0.1) is 0 Å². The highest BCUT2D eigenvalue weighted by molar-refractivity contribution is 7.91. The van der Waals surface area contributed by atoms with Crippen molar-refractivity contribution in [2.75, 3.05) is 23.0 Å². The second-order valence-electron chi connectivity index (χ2n) is 5.86. The Morgan fingerprint density at radius 1 is 1.38 bits per heavy atom. The molecule has 5 nitrogen and oxygen atoms in total. The first-order valence-electron chi connectivity index (χ1n) is 7.31. The summed E-state index contributed by atoms with van der Waals surface area (Å²) in [6.07, 6.45) is 1.48. The molecule has 1 amide bonds. The van der Waals surface area contributed by atoms with Gasteiger partial charge in [-0.2, -0.15) is 0 Å². The molecule has 6 heteroatoms. The molecule has 3 rings (SSSR count). The van der Waals surface area contributed by atoms with Crippen molar-refractivity contribution in [3.63, 3.8) is 0 Å². The van der Waals surface area contributed by atoms with Gasteiger partial charge in [0.15, 0.2) is 9.84 Å². The molecule has 0 bridgehead atoms. The summed E-state index contributed by atoms with van der Waals surface area (Å²) in [5.41, 5.74) is 2.37. The predicted molar refractivity (Wildman–Crippen MR) is 82.2 cm³/mol. The normalized spacial score (nSPS) is 24.6. The summed E-state index contributed by atoms with van der Waals surface area (Å²) in [7, 11) is -2.96. The van der Waals surface area contributed by atoms with E-state index in [0.29, 0.717) is 6.42 Å². The van der Waals surface area contributed by atoms with E-state index in [1.165, 1.54) is 5.56 Å².